The van der Waals surface area contributed by atoms with Crippen LogP contribution in [0.15, 0.2) is 35.3 Å². The minimum absolute atomic E-state index is 0.0559. The molecule has 3 rings (SSSR count). The zero-order valence-corrected chi connectivity index (χ0v) is 14.5. The fourth-order valence-corrected chi connectivity index (χ4v) is 4.79. The number of aromatic nitrogens is 2. The van der Waals surface area contributed by atoms with E-state index < -0.39 is 15.2 Å². The lowest BCUT2D eigenvalue weighted by Gasteiger charge is -2.20. The van der Waals surface area contributed by atoms with E-state index in [1.807, 2.05) is 6.07 Å². The van der Waals surface area contributed by atoms with Crippen molar-refractivity contribution in [1.82, 2.24) is 9.97 Å². The number of rotatable bonds is 3. The van der Waals surface area contributed by atoms with E-state index in [4.69, 9.17) is 23.2 Å². The second-order valence-corrected chi connectivity index (χ2v) is 8.15. The summed E-state index contributed by atoms with van der Waals surface area (Å²) in [6.45, 7) is 1.78. The molecule has 1 aliphatic rings. The molecule has 120 valence electrons. The highest BCUT2D eigenvalue weighted by molar-refractivity contribution is 7.91. The van der Waals surface area contributed by atoms with Crippen molar-refractivity contribution in [3.05, 3.63) is 57.0 Å². The predicted molar refractivity (Wildman–Crippen MR) is 89.3 cm³/mol. The maximum atomic E-state index is 12.7. The third-order valence-corrected chi connectivity index (χ3v) is 6.02. The fourth-order valence-electron chi connectivity index (χ4n) is 2.53. The molecule has 0 N–H and O–H groups in total. The number of nitrogens with zero attached hydrogens (tertiary/aromatic N) is 3. The molecule has 2 atom stereocenters. The second-order valence-electron chi connectivity index (χ2n) is 5.36. The van der Waals surface area contributed by atoms with Gasteiger partial charge in [0.25, 0.3) is 0 Å². The molecule has 1 aliphatic heterocycles. The molecule has 0 saturated heterocycles. The summed E-state index contributed by atoms with van der Waals surface area (Å²) >= 11 is 11.8. The van der Waals surface area contributed by atoms with Gasteiger partial charge < -0.3 is 0 Å². The third-order valence-electron chi connectivity index (χ3n) is 3.56. The van der Waals surface area contributed by atoms with E-state index in [0.29, 0.717) is 5.22 Å². The Morgan fingerprint density at radius 1 is 1.13 bits per heavy atom. The van der Waals surface area contributed by atoms with Gasteiger partial charge in [-0.2, -0.15) is 4.98 Å². The summed E-state index contributed by atoms with van der Waals surface area (Å²) < 4.78 is 25.4. The first-order valence-electron chi connectivity index (χ1n) is 6.91. The Hall–Kier alpha value is -1.50. The van der Waals surface area contributed by atoms with Crippen molar-refractivity contribution in [2.75, 3.05) is 0 Å². The quantitative estimate of drug-likeness (QED) is 0.610. The normalized spacial score (nSPS) is 20.3. The van der Waals surface area contributed by atoms with E-state index in [0.717, 1.165) is 5.56 Å². The van der Waals surface area contributed by atoms with Crippen LogP contribution in [-0.4, -0.2) is 23.8 Å². The number of fused-ring (bicyclic) bond motifs is 1. The van der Waals surface area contributed by atoms with Gasteiger partial charge in [0.2, 0.25) is 5.28 Å². The van der Waals surface area contributed by atoms with Crippen molar-refractivity contribution in [1.29, 1.82) is 0 Å². The van der Waals surface area contributed by atoms with Gasteiger partial charge in [0.1, 0.15) is 5.15 Å². The summed E-state index contributed by atoms with van der Waals surface area (Å²) in [7, 11) is -3.50. The lowest BCUT2D eigenvalue weighted by molar-refractivity contribution is 0.554. The standard InChI is InChI=1S/C15H13Cl2N3O2S/c1-9-7-11-12(16)18-15(17)20-13(11)19-14(9)23(21,22)8-10-5-3-2-4-6-10/h2-7,9,14H,8H2,1H3. The van der Waals surface area contributed by atoms with Gasteiger partial charge in [-0.05, 0) is 17.2 Å². The Morgan fingerprint density at radius 3 is 2.52 bits per heavy atom. The first-order valence-corrected chi connectivity index (χ1v) is 9.38. The minimum Gasteiger partial charge on any atom is -0.246 e. The SMILES string of the molecule is CC1C=c2c(Cl)nc(Cl)nc2=NC1S(=O)(=O)Cc1ccccc1. The summed E-state index contributed by atoms with van der Waals surface area (Å²) in [5, 5.41) is -0.277. The molecular formula is C15H13Cl2N3O2S. The monoisotopic (exact) mass is 369 g/mol. The van der Waals surface area contributed by atoms with Crippen molar-refractivity contribution in [2.24, 2.45) is 10.9 Å². The van der Waals surface area contributed by atoms with Gasteiger partial charge in [-0.3, -0.25) is 0 Å². The zero-order valence-electron chi connectivity index (χ0n) is 12.1. The van der Waals surface area contributed by atoms with Crippen molar-refractivity contribution in [3.8, 4) is 0 Å². The average Bonchev–Trinajstić information content (AvgIpc) is 2.48. The number of hydrogen-bond donors (Lipinski definition) is 0. The molecule has 23 heavy (non-hydrogen) atoms. The lowest BCUT2D eigenvalue weighted by atomic mass is 10.1. The molecule has 0 aliphatic carbocycles. The first-order chi connectivity index (χ1) is 10.9. The Balaban J connectivity index is 2.05. The van der Waals surface area contributed by atoms with Gasteiger partial charge in [0.15, 0.2) is 20.7 Å². The topological polar surface area (TPSA) is 72.3 Å². The molecule has 0 bridgehead atoms. The molecule has 0 radical (unpaired) electrons. The summed E-state index contributed by atoms with van der Waals surface area (Å²) in [5.41, 5.74) is 0.939. The van der Waals surface area contributed by atoms with Crippen molar-refractivity contribution >= 4 is 39.1 Å². The second kappa shape index (κ2) is 6.19. The minimum atomic E-state index is -3.50. The molecule has 2 unspecified atom stereocenters. The molecule has 0 spiro atoms. The number of benzene rings is 1. The number of sulfone groups is 1. The highest BCUT2D eigenvalue weighted by Crippen LogP contribution is 2.21. The van der Waals surface area contributed by atoms with Gasteiger partial charge in [0.05, 0.1) is 11.0 Å². The molecule has 2 aromatic rings. The first kappa shape index (κ1) is 16.4. The summed E-state index contributed by atoms with van der Waals surface area (Å²) in [5.74, 6) is -0.416. The third kappa shape index (κ3) is 3.39. The Bertz CT molecular complexity index is 962. The molecule has 0 fully saturated rings. The van der Waals surface area contributed by atoms with Crippen LogP contribution in [0.1, 0.15) is 12.5 Å². The van der Waals surface area contributed by atoms with E-state index in [1.54, 1.807) is 37.3 Å². The lowest BCUT2D eigenvalue weighted by Crippen LogP contribution is -2.41. The Labute approximate surface area is 143 Å². The summed E-state index contributed by atoms with van der Waals surface area (Å²) in [6, 6.07) is 9.01. The highest BCUT2D eigenvalue weighted by atomic mass is 35.5. The van der Waals surface area contributed by atoms with Crippen molar-refractivity contribution < 1.29 is 8.42 Å². The average molecular weight is 370 g/mol. The van der Waals surface area contributed by atoms with Gasteiger partial charge in [0, 0.05) is 5.92 Å². The van der Waals surface area contributed by atoms with Crippen LogP contribution < -0.4 is 10.7 Å². The van der Waals surface area contributed by atoms with E-state index in [9.17, 15) is 8.42 Å². The van der Waals surface area contributed by atoms with Crippen LogP contribution in [0, 0.1) is 5.92 Å². The van der Waals surface area contributed by atoms with Crippen LogP contribution in [0.3, 0.4) is 0 Å². The molecular weight excluding hydrogens is 357 g/mol. The van der Waals surface area contributed by atoms with E-state index in [-0.39, 0.29) is 27.6 Å². The van der Waals surface area contributed by atoms with Gasteiger partial charge in [-0.1, -0.05) is 54.9 Å². The summed E-state index contributed by atoms with van der Waals surface area (Å²) in [4.78, 5) is 12.1. The van der Waals surface area contributed by atoms with Crippen LogP contribution in [0.25, 0.3) is 6.08 Å². The van der Waals surface area contributed by atoms with Gasteiger partial charge in [-0.25, -0.2) is 18.4 Å². The van der Waals surface area contributed by atoms with Gasteiger partial charge >= 0.3 is 0 Å². The molecule has 8 heteroatoms. The maximum Gasteiger partial charge on any atom is 0.225 e. The predicted octanol–water partition coefficient (Wildman–Crippen LogP) is 1.77. The molecule has 0 amide bonds. The van der Waals surface area contributed by atoms with E-state index in [2.05, 4.69) is 15.0 Å². The van der Waals surface area contributed by atoms with Crippen LogP contribution in [-0.2, 0) is 15.6 Å². The van der Waals surface area contributed by atoms with Crippen LogP contribution >= 0.6 is 23.2 Å². The highest BCUT2D eigenvalue weighted by Gasteiger charge is 2.31. The number of hydrogen-bond acceptors (Lipinski definition) is 5. The largest absolute Gasteiger partial charge is 0.246 e. The van der Waals surface area contributed by atoms with E-state index >= 15 is 0 Å². The van der Waals surface area contributed by atoms with Gasteiger partial charge in [-0.15, -0.1) is 0 Å². The van der Waals surface area contributed by atoms with Crippen LogP contribution in [0.5, 0.6) is 0 Å². The molecule has 2 heterocycles. The zero-order chi connectivity index (χ0) is 16.6. The molecule has 1 aromatic heterocycles. The van der Waals surface area contributed by atoms with Crippen molar-refractivity contribution in [3.63, 3.8) is 0 Å². The Kier molecular flexibility index (Phi) is 4.40. The molecule has 5 nitrogen and oxygen atoms in total. The smallest absolute Gasteiger partial charge is 0.225 e. The maximum absolute atomic E-state index is 12.7. The summed E-state index contributed by atoms with van der Waals surface area (Å²) in [6.07, 6.45) is 1.73. The van der Waals surface area contributed by atoms with E-state index in [1.165, 1.54) is 0 Å². The van der Waals surface area contributed by atoms with Crippen molar-refractivity contribution in [2.45, 2.75) is 18.1 Å². The molecule has 1 aromatic carbocycles. The van der Waals surface area contributed by atoms with Crippen LogP contribution in [0.2, 0.25) is 10.4 Å². The number of halogens is 2. The molecule has 0 saturated carbocycles. The van der Waals surface area contributed by atoms with Crippen LogP contribution in [0.4, 0.5) is 0 Å². The fraction of sp³-hybridized carbons (Fsp3) is 0.267. The Morgan fingerprint density at radius 2 is 1.83 bits per heavy atom.